The first-order valence-corrected chi connectivity index (χ1v) is 7.33. The van der Waals surface area contributed by atoms with E-state index in [1.165, 1.54) is 12.1 Å². The van der Waals surface area contributed by atoms with E-state index in [9.17, 15) is 4.39 Å². The maximum Gasteiger partial charge on any atom is 0.191 e. The fourth-order valence-electron chi connectivity index (χ4n) is 1.43. The zero-order valence-electron chi connectivity index (χ0n) is 11.3. The summed E-state index contributed by atoms with van der Waals surface area (Å²) < 4.78 is 12.7. The van der Waals surface area contributed by atoms with Crippen molar-refractivity contribution >= 4 is 41.7 Å². The van der Waals surface area contributed by atoms with E-state index in [2.05, 4.69) is 21.9 Å². The summed E-state index contributed by atoms with van der Waals surface area (Å²) in [6, 6.07) is 6.46. The van der Waals surface area contributed by atoms with Crippen molar-refractivity contribution in [3.8, 4) is 0 Å². The number of hydrogen-bond acceptors (Lipinski definition) is 2. The van der Waals surface area contributed by atoms with Crippen molar-refractivity contribution in [2.24, 2.45) is 4.99 Å². The van der Waals surface area contributed by atoms with Gasteiger partial charge in [-0.05, 0) is 36.1 Å². The molecule has 19 heavy (non-hydrogen) atoms. The fraction of sp³-hybridized carbons (Fsp3) is 0.462. The molecule has 0 amide bonds. The van der Waals surface area contributed by atoms with Crippen molar-refractivity contribution < 1.29 is 4.39 Å². The van der Waals surface area contributed by atoms with Crippen molar-refractivity contribution in [3.63, 3.8) is 0 Å². The van der Waals surface area contributed by atoms with Crippen LogP contribution < -0.4 is 10.6 Å². The van der Waals surface area contributed by atoms with Gasteiger partial charge in [-0.1, -0.05) is 12.1 Å². The second-order valence-electron chi connectivity index (χ2n) is 3.83. The summed E-state index contributed by atoms with van der Waals surface area (Å²) >= 11 is 1.84. The summed E-state index contributed by atoms with van der Waals surface area (Å²) in [5, 5.41) is 6.43. The molecule has 0 spiro atoms. The third-order valence-corrected chi connectivity index (χ3v) is 3.11. The number of rotatable bonds is 6. The van der Waals surface area contributed by atoms with E-state index in [1.54, 1.807) is 19.2 Å². The summed E-state index contributed by atoms with van der Waals surface area (Å²) in [6.07, 6.45) is 3.21. The summed E-state index contributed by atoms with van der Waals surface area (Å²) in [6.45, 7) is 1.55. The van der Waals surface area contributed by atoms with E-state index >= 15 is 0 Å². The van der Waals surface area contributed by atoms with Crippen molar-refractivity contribution in [3.05, 3.63) is 35.6 Å². The molecule has 1 aromatic rings. The second-order valence-corrected chi connectivity index (χ2v) is 4.81. The molecule has 0 saturated carbocycles. The molecule has 0 aliphatic carbocycles. The second kappa shape index (κ2) is 11.3. The molecule has 1 rings (SSSR count). The van der Waals surface area contributed by atoms with Crippen molar-refractivity contribution in [1.29, 1.82) is 0 Å². The van der Waals surface area contributed by atoms with Crippen LogP contribution in [-0.2, 0) is 6.54 Å². The number of nitrogens with one attached hydrogen (secondary N) is 2. The van der Waals surface area contributed by atoms with E-state index in [0.717, 1.165) is 30.2 Å². The van der Waals surface area contributed by atoms with Gasteiger partial charge in [-0.2, -0.15) is 11.8 Å². The number of thioether (sulfide) groups is 1. The number of aliphatic imine (C=N–C) groups is 1. The summed E-state index contributed by atoms with van der Waals surface area (Å²) in [4.78, 5) is 4.13. The molecule has 0 bridgehead atoms. The average Bonchev–Trinajstić information content (AvgIpc) is 2.40. The van der Waals surface area contributed by atoms with Crippen LogP contribution in [0, 0.1) is 5.82 Å². The summed E-state index contributed by atoms with van der Waals surface area (Å²) in [5.74, 6) is 1.71. The minimum Gasteiger partial charge on any atom is -0.356 e. The fourth-order valence-corrected chi connectivity index (χ4v) is 1.86. The number of nitrogens with zero attached hydrogens (tertiary/aromatic N) is 1. The predicted molar refractivity (Wildman–Crippen MR) is 93.0 cm³/mol. The molecule has 3 nitrogen and oxygen atoms in total. The van der Waals surface area contributed by atoms with Crippen molar-refractivity contribution in [1.82, 2.24) is 10.6 Å². The van der Waals surface area contributed by atoms with Gasteiger partial charge in [-0.25, -0.2) is 4.39 Å². The highest BCUT2D eigenvalue weighted by Gasteiger charge is 1.98. The van der Waals surface area contributed by atoms with E-state index < -0.39 is 0 Å². The van der Waals surface area contributed by atoms with Crippen LogP contribution >= 0.6 is 35.7 Å². The Morgan fingerprint density at radius 3 is 2.53 bits per heavy atom. The van der Waals surface area contributed by atoms with Crippen LogP contribution in [0.2, 0.25) is 0 Å². The highest BCUT2D eigenvalue weighted by Crippen LogP contribution is 2.01. The molecular weight excluding hydrogens is 376 g/mol. The van der Waals surface area contributed by atoms with Gasteiger partial charge < -0.3 is 10.6 Å². The Balaban J connectivity index is 0.00000324. The number of benzene rings is 1. The molecular formula is C13H21FIN3S. The predicted octanol–water partition coefficient (Wildman–Crippen LogP) is 2.86. The Morgan fingerprint density at radius 1 is 1.26 bits per heavy atom. The van der Waals surface area contributed by atoms with Gasteiger partial charge in [0.2, 0.25) is 0 Å². The van der Waals surface area contributed by atoms with E-state index in [-0.39, 0.29) is 29.8 Å². The van der Waals surface area contributed by atoms with Crippen LogP contribution in [0.15, 0.2) is 29.3 Å². The van der Waals surface area contributed by atoms with Gasteiger partial charge in [0.15, 0.2) is 5.96 Å². The van der Waals surface area contributed by atoms with Crippen LogP contribution in [0.5, 0.6) is 0 Å². The van der Waals surface area contributed by atoms with Crippen LogP contribution in [0.1, 0.15) is 12.0 Å². The Labute approximate surface area is 135 Å². The van der Waals surface area contributed by atoms with Gasteiger partial charge in [-0.15, -0.1) is 24.0 Å². The molecule has 6 heteroatoms. The van der Waals surface area contributed by atoms with Gasteiger partial charge in [0, 0.05) is 20.1 Å². The molecule has 0 fully saturated rings. The number of hydrogen-bond donors (Lipinski definition) is 2. The van der Waals surface area contributed by atoms with Crippen LogP contribution in [0.4, 0.5) is 4.39 Å². The van der Waals surface area contributed by atoms with Crippen molar-refractivity contribution in [2.45, 2.75) is 13.0 Å². The molecule has 0 heterocycles. The first kappa shape index (κ1) is 18.5. The molecule has 0 aromatic heterocycles. The molecule has 0 atom stereocenters. The molecule has 0 unspecified atom stereocenters. The van der Waals surface area contributed by atoms with Gasteiger partial charge in [0.05, 0.1) is 0 Å². The highest BCUT2D eigenvalue weighted by molar-refractivity contribution is 14.0. The van der Waals surface area contributed by atoms with Crippen LogP contribution in [-0.4, -0.2) is 31.6 Å². The number of guanidine groups is 1. The van der Waals surface area contributed by atoms with Crippen molar-refractivity contribution in [2.75, 3.05) is 25.6 Å². The lowest BCUT2D eigenvalue weighted by atomic mass is 10.2. The minimum atomic E-state index is -0.210. The Morgan fingerprint density at radius 2 is 1.95 bits per heavy atom. The number of halogens is 2. The molecule has 108 valence electrons. The van der Waals surface area contributed by atoms with E-state index in [4.69, 9.17) is 0 Å². The smallest absolute Gasteiger partial charge is 0.191 e. The Bertz CT molecular complexity index is 371. The van der Waals surface area contributed by atoms with E-state index in [1.807, 2.05) is 11.8 Å². The van der Waals surface area contributed by atoms with Gasteiger partial charge >= 0.3 is 0 Å². The van der Waals surface area contributed by atoms with Gasteiger partial charge in [0.25, 0.3) is 0 Å². The lowest BCUT2D eigenvalue weighted by molar-refractivity contribution is 0.626. The monoisotopic (exact) mass is 397 g/mol. The van der Waals surface area contributed by atoms with Crippen LogP contribution in [0.25, 0.3) is 0 Å². The minimum absolute atomic E-state index is 0. The molecule has 0 radical (unpaired) electrons. The summed E-state index contributed by atoms with van der Waals surface area (Å²) in [7, 11) is 1.74. The third-order valence-electron chi connectivity index (χ3n) is 2.41. The van der Waals surface area contributed by atoms with Gasteiger partial charge in [0.1, 0.15) is 5.82 Å². The standard InChI is InChI=1S/C13H20FN3S.HI/c1-15-13(16-8-3-9-18-2)17-10-11-4-6-12(14)7-5-11;/h4-7H,3,8-10H2,1-2H3,(H2,15,16,17);1H. The molecule has 2 N–H and O–H groups in total. The molecule has 0 saturated heterocycles. The SMILES string of the molecule is CN=C(NCCCSC)NCc1ccc(F)cc1.I. The van der Waals surface area contributed by atoms with E-state index in [0.29, 0.717) is 6.54 Å². The largest absolute Gasteiger partial charge is 0.356 e. The zero-order chi connectivity index (χ0) is 13.2. The Hall–Kier alpha value is -0.500. The Kier molecular flexibility index (Phi) is 11.0. The third kappa shape index (κ3) is 8.30. The molecule has 1 aromatic carbocycles. The molecule has 0 aliphatic rings. The average molecular weight is 397 g/mol. The molecule has 0 aliphatic heterocycles. The summed E-state index contributed by atoms with van der Waals surface area (Å²) in [5.41, 5.74) is 1.03. The topological polar surface area (TPSA) is 36.4 Å². The maximum absolute atomic E-state index is 12.7. The highest BCUT2D eigenvalue weighted by atomic mass is 127. The maximum atomic E-state index is 12.7. The lowest BCUT2D eigenvalue weighted by Crippen LogP contribution is -2.37. The lowest BCUT2D eigenvalue weighted by Gasteiger charge is -2.11. The first-order valence-electron chi connectivity index (χ1n) is 5.94. The van der Waals surface area contributed by atoms with Gasteiger partial charge in [-0.3, -0.25) is 4.99 Å². The quantitative estimate of drug-likeness (QED) is 0.336. The normalized spacial score (nSPS) is 10.8. The zero-order valence-corrected chi connectivity index (χ0v) is 14.4. The van der Waals surface area contributed by atoms with Crippen LogP contribution in [0.3, 0.4) is 0 Å². The first-order chi connectivity index (χ1) is 8.76.